The van der Waals surface area contributed by atoms with Crippen molar-refractivity contribution in [3.8, 4) is 0 Å². The zero-order chi connectivity index (χ0) is 22.0. The van der Waals surface area contributed by atoms with Crippen molar-refractivity contribution in [2.24, 2.45) is 5.92 Å². The SMILES string of the molecule is CCCCCC(CCCCC)COC(=O)CCCC(CCC)OC(=O)n1ccnc1. The molecule has 0 saturated heterocycles. The molecule has 172 valence electrons. The van der Waals surface area contributed by atoms with E-state index >= 15 is 0 Å². The van der Waals surface area contributed by atoms with E-state index in [0.29, 0.717) is 31.8 Å². The molecular weight excluding hydrogens is 380 g/mol. The Hall–Kier alpha value is -1.85. The highest BCUT2D eigenvalue weighted by Crippen LogP contribution is 2.19. The number of esters is 1. The van der Waals surface area contributed by atoms with E-state index in [4.69, 9.17) is 9.47 Å². The number of ether oxygens (including phenoxy) is 2. The van der Waals surface area contributed by atoms with Gasteiger partial charge in [-0.3, -0.25) is 4.79 Å². The Labute approximate surface area is 182 Å². The molecule has 1 unspecified atom stereocenters. The molecule has 1 rings (SSSR count). The molecule has 0 N–H and O–H groups in total. The lowest BCUT2D eigenvalue weighted by atomic mass is 9.96. The van der Waals surface area contributed by atoms with Crippen LogP contribution in [0.1, 0.15) is 104 Å². The summed E-state index contributed by atoms with van der Waals surface area (Å²) in [6, 6.07) is 0. The molecule has 1 aromatic rings. The van der Waals surface area contributed by atoms with E-state index in [1.165, 1.54) is 49.4 Å². The zero-order valence-corrected chi connectivity index (χ0v) is 19.3. The second-order valence-corrected chi connectivity index (χ2v) is 8.20. The van der Waals surface area contributed by atoms with Gasteiger partial charge in [0.2, 0.25) is 0 Å². The Morgan fingerprint density at radius 2 is 1.60 bits per heavy atom. The molecule has 6 heteroatoms. The van der Waals surface area contributed by atoms with Gasteiger partial charge >= 0.3 is 12.1 Å². The van der Waals surface area contributed by atoms with Crippen LogP contribution >= 0.6 is 0 Å². The molecule has 0 aliphatic rings. The lowest BCUT2D eigenvalue weighted by Crippen LogP contribution is -2.22. The summed E-state index contributed by atoms with van der Waals surface area (Å²) < 4.78 is 12.5. The van der Waals surface area contributed by atoms with Crippen molar-refractivity contribution in [2.45, 2.75) is 110 Å². The normalized spacial score (nSPS) is 12.1. The fourth-order valence-electron chi connectivity index (χ4n) is 3.59. The van der Waals surface area contributed by atoms with Gasteiger partial charge in [-0.15, -0.1) is 0 Å². The molecule has 0 fully saturated rings. The lowest BCUT2D eigenvalue weighted by molar-refractivity contribution is -0.145. The number of imidazole rings is 1. The van der Waals surface area contributed by atoms with E-state index in [1.807, 2.05) is 0 Å². The Morgan fingerprint density at radius 1 is 0.900 bits per heavy atom. The van der Waals surface area contributed by atoms with Crippen LogP contribution in [0.5, 0.6) is 0 Å². The van der Waals surface area contributed by atoms with Crippen LogP contribution in [0.2, 0.25) is 0 Å². The first-order chi connectivity index (χ1) is 14.6. The molecule has 0 radical (unpaired) electrons. The van der Waals surface area contributed by atoms with Crippen LogP contribution < -0.4 is 0 Å². The van der Waals surface area contributed by atoms with Gasteiger partial charge in [-0.05, 0) is 38.0 Å². The molecule has 6 nitrogen and oxygen atoms in total. The Bertz CT molecular complexity index is 550. The van der Waals surface area contributed by atoms with Crippen molar-refractivity contribution < 1.29 is 19.1 Å². The minimum absolute atomic E-state index is 0.137. The first-order valence-electron chi connectivity index (χ1n) is 11.9. The standard InChI is InChI=1S/C24H42N2O4/c1-4-7-9-13-21(14-10-8-5-2)19-29-23(27)16-11-15-22(12-6-3)30-24(28)26-18-17-25-20-26/h17-18,20-22H,4-16,19H2,1-3H3. The highest BCUT2D eigenvalue weighted by molar-refractivity contribution is 5.70. The van der Waals surface area contributed by atoms with Crippen LogP contribution in [0.4, 0.5) is 4.79 Å². The predicted molar refractivity (Wildman–Crippen MR) is 119 cm³/mol. The molecule has 0 amide bonds. The van der Waals surface area contributed by atoms with Crippen LogP contribution in [0.15, 0.2) is 18.7 Å². The number of nitrogens with zero attached hydrogens (tertiary/aromatic N) is 2. The number of unbranched alkanes of at least 4 members (excludes halogenated alkanes) is 4. The van der Waals surface area contributed by atoms with Gasteiger partial charge in [-0.1, -0.05) is 65.7 Å². The van der Waals surface area contributed by atoms with E-state index in [0.717, 1.165) is 25.7 Å². The van der Waals surface area contributed by atoms with E-state index in [2.05, 4.69) is 25.8 Å². The predicted octanol–water partition coefficient (Wildman–Crippen LogP) is 6.53. The van der Waals surface area contributed by atoms with Crippen molar-refractivity contribution in [3.05, 3.63) is 18.7 Å². The third-order valence-corrected chi connectivity index (χ3v) is 5.41. The number of hydrogen-bond acceptors (Lipinski definition) is 5. The minimum Gasteiger partial charge on any atom is -0.465 e. The van der Waals surface area contributed by atoms with Gasteiger partial charge in [0.05, 0.1) is 6.61 Å². The van der Waals surface area contributed by atoms with E-state index in [-0.39, 0.29) is 12.1 Å². The summed E-state index contributed by atoms with van der Waals surface area (Å²) in [6.45, 7) is 7.03. The van der Waals surface area contributed by atoms with Gasteiger partial charge in [0, 0.05) is 18.8 Å². The van der Waals surface area contributed by atoms with E-state index in [1.54, 1.807) is 12.4 Å². The van der Waals surface area contributed by atoms with Crippen molar-refractivity contribution in [1.29, 1.82) is 0 Å². The summed E-state index contributed by atoms with van der Waals surface area (Å²) in [6.07, 6.45) is 17.0. The molecule has 0 aromatic carbocycles. The molecule has 0 spiro atoms. The van der Waals surface area contributed by atoms with Crippen LogP contribution in [0, 0.1) is 5.92 Å². The van der Waals surface area contributed by atoms with Crippen LogP contribution in [0.25, 0.3) is 0 Å². The van der Waals surface area contributed by atoms with Crippen molar-refractivity contribution in [2.75, 3.05) is 6.61 Å². The Balaban J connectivity index is 2.32. The molecule has 0 bridgehead atoms. The molecule has 0 aliphatic heterocycles. The first-order valence-corrected chi connectivity index (χ1v) is 11.9. The fraction of sp³-hybridized carbons (Fsp3) is 0.792. The smallest absolute Gasteiger partial charge is 0.419 e. The van der Waals surface area contributed by atoms with Crippen molar-refractivity contribution in [3.63, 3.8) is 0 Å². The maximum Gasteiger partial charge on any atom is 0.419 e. The average Bonchev–Trinajstić information content (AvgIpc) is 3.27. The monoisotopic (exact) mass is 422 g/mol. The summed E-state index contributed by atoms with van der Waals surface area (Å²) in [5.74, 6) is 0.346. The molecule has 0 aliphatic carbocycles. The minimum atomic E-state index is -0.421. The van der Waals surface area contributed by atoms with Crippen molar-refractivity contribution in [1.82, 2.24) is 9.55 Å². The average molecular weight is 423 g/mol. The third kappa shape index (κ3) is 12.0. The first kappa shape index (κ1) is 26.2. The number of rotatable bonds is 17. The third-order valence-electron chi connectivity index (χ3n) is 5.41. The van der Waals surface area contributed by atoms with Crippen LogP contribution in [0.3, 0.4) is 0 Å². The molecule has 0 saturated carbocycles. The summed E-state index contributed by atoms with van der Waals surface area (Å²) in [5.41, 5.74) is 0. The van der Waals surface area contributed by atoms with E-state index in [9.17, 15) is 9.59 Å². The molecule has 30 heavy (non-hydrogen) atoms. The van der Waals surface area contributed by atoms with Gasteiger partial charge in [-0.2, -0.15) is 0 Å². The zero-order valence-electron chi connectivity index (χ0n) is 19.3. The van der Waals surface area contributed by atoms with Gasteiger partial charge in [0.25, 0.3) is 0 Å². The summed E-state index contributed by atoms with van der Waals surface area (Å²) in [7, 11) is 0. The van der Waals surface area contributed by atoms with Crippen LogP contribution in [-0.2, 0) is 14.3 Å². The highest BCUT2D eigenvalue weighted by atomic mass is 16.6. The second kappa shape index (κ2) is 16.9. The Kier molecular flexibility index (Phi) is 14.7. The summed E-state index contributed by atoms with van der Waals surface area (Å²) in [4.78, 5) is 28.2. The van der Waals surface area contributed by atoms with Gasteiger partial charge in [0.15, 0.2) is 0 Å². The summed E-state index contributed by atoms with van der Waals surface area (Å²) >= 11 is 0. The molecule has 1 heterocycles. The maximum atomic E-state index is 12.2. The van der Waals surface area contributed by atoms with Crippen molar-refractivity contribution >= 4 is 12.1 Å². The highest BCUT2D eigenvalue weighted by Gasteiger charge is 2.17. The summed E-state index contributed by atoms with van der Waals surface area (Å²) in [5, 5.41) is 0. The largest absolute Gasteiger partial charge is 0.465 e. The quantitative estimate of drug-likeness (QED) is 0.211. The van der Waals surface area contributed by atoms with E-state index < -0.39 is 6.09 Å². The van der Waals surface area contributed by atoms with Crippen LogP contribution in [-0.4, -0.2) is 34.3 Å². The molecule has 1 aromatic heterocycles. The number of aromatic nitrogens is 2. The van der Waals surface area contributed by atoms with Gasteiger partial charge in [-0.25, -0.2) is 14.3 Å². The van der Waals surface area contributed by atoms with Gasteiger partial charge < -0.3 is 9.47 Å². The lowest BCUT2D eigenvalue weighted by Gasteiger charge is -2.18. The maximum absolute atomic E-state index is 12.2. The molecule has 1 atom stereocenters. The number of carbonyl (C=O) groups excluding carboxylic acids is 2. The second-order valence-electron chi connectivity index (χ2n) is 8.20. The number of hydrogen-bond donors (Lipinski definition) is 0. The number of carbonyl (C=O) groups is 2. The fourth-order valence-corrected chi connectivity index (χ4v) is 3.59. The Morgan fingerprint density at radius 3 is 2.17 bits per heavy atom. The topological polar surface area (TPSA) is 70.4 Å². The van der Waals surface area contributed by atoms with Gasteiger partial charge in [0.1, 0.15) is 12.4 Å². The molecular formula is C24H42N2O4.